The predicted octanol–water partition coefficient (Wildman–Crippen LogP) is 0.416. The molecule has 0 unspecified atom stereocenters. The van der Waals surface area contributed by atoms with Crippen molar-refractivity contribution in [3.8, 4) is 0 Å². The molecule has 0 saturated carbocycles. The normalized spacial score (nSPS) is 10.7. The Morgan fingerprint density at radius 1 is 1.37 bits per heavy atom. The van der Waals surface area contributed by atoms with E-state index >= 15 is 0 Å². The first-order valence-electron chi connectivity index (χ1n) is 6.52. The van der Waals surface area contributed by atoms with E-state index in [-0.39, 0.29) is 12.3 Å². The number of esters is 1. The number of aromatic nitrogens is 3. The predicted molar refractivity (Wildman–Crippen MR) is 67.9 cm³/mol. The van der Waals surface area contributed by atoms with E-state index in [4.69, 9.17) is 14.6 Å². The number of nitrogens with zero attached hydrogens (tertiary/aromatic N) is 3. The molecule has 0 aliphatic heterocycles. The van der Waals surface area contributed by atoms with Crippen LogP contribution in [0.3, 0.4) is 0 Å². The summed E-state index contributed by atoms with van der Waals surface area (Å²) in [6, 6.07) is 0. The van der Waals surface area contributed by atoms with Crippen LogP contribution in [0, 0.1) is 0 Å². The second kappa shape index (κ2) is 8.60. The van der Waals surface area contributed by atoms with Gasteiger partial charge >= 0.3 is 5.97 Å². The lowest BCUT2D eigenvalue weighted by Gasteiger charge is -2.07. The quantitative estimate of drug-likeness (QED) is 0.517. The first-order chi connectivity index (χ1) is 9.24. The number of carbonyl (C=O) groups excluding carboxylic acids is 1. The number of hydrogen-bond acceptors (Lipinski definition) is 6. The van der Waals surface area contributed by atoms with Gasteiger partial charge in [-0.25, -0.2) is 9.48 Å². The Kier molecular flexibility index (Phi) is 7.06. The van der Waals surface area contributed by atoms with Crippen molar-refractivity contribution in [3.63, 3.8) is 0 Å². The summed E-state index contributed by atoms with van der Waals surface area (Å²) in [5.41, 5.74) is 1.06. The molecule has 1 rings (SSSR count). The largest absolute Gasteiger partial charge is 0.461 e. The lowest BCUT2D eigenvalue weighted by molar-refractivity contribution is 0.0517. The number of hydrogen-bond donors (Lipinski definition) is 1. The molecule has 1 heterocycles. The Morgan fingerprint density at radius 3 is 2.79 bits per heavy atom. The first kappa shape index (κ1) is 15.6. The monoisotopic (exact) mass is 271 g/mol. The van der Waals surface area contributed by atoms with E-state index < -0.39 is 5.97 Å². The number of rotatable bonds is 9. The van der Waals surface area contributed by atoms with Crippen molar-refractivity contribution >= 4 is 5.97 Å². The zero-order valence-corrected chi connectivity index (χ0v) is 11.5. The molecule has 0 aliphatic rings. The SMILES string of the molecule is CCCc1c(C(=O)OCC)nnn1CCOCCO. The second-order valence-electron chi connectivity index (χ2n) is 3.91. The highest BCUT2D eigenvalue weighted by Crippen LogP contribution is 2.10. The molecule has 0 aromatic carbocycles. The third kappa shape index (κ3) is 4.60. The van der Waals surface area contributed by atoms with Crippen LogP contribution in [0.5, 0.6) is 0 Å². The minimum absolute atomic E-state index is 0.00670. The summed E-state index contributed by atoms with van der Waals surface area (Å²) in [5.74, 6) is -0.437. The average molecular weight is 271 g/mol. The van der Waals surface area contributed by atoms with Crippen LogP contribution < -0.4 is 0 Å². The molecule has 0 amide bonds. The van der Waals surface area contributed by atoms with Crippen LogP contribution in [-0.2, 0) is 22.4 Å². The molecule has 7 heteroatoms. The van der Waals surface area contributed by atoms with Crippen molar-refractivity contribution in [1.29, 1.82) is 0 Å². The third-order valence-electron chi connectivity index (χ3n) is 2.48. The van der Waals surface area contributed by atoms with E-state index in [9.17, 15) is 4.79 Å². The van der Waals surface area contributed by atoms with Crippen LogP contribution in [0.15, 0.2) is 0 Å². The van der Waals surface area contributed by atoms with Gasteiger partial charge in [0.15, 0.2) is 5.69 Å². The smallest absolute Gasteiger partial charge is 0.360 e. The van der Waals surface area contributed by atoms with Gasteiger partial charge in [0.25, 0.3) is 0 Å². The van der Waals surface area contributed by atoms with Crippen molar-refractivity contribution in [2.24, 2.45) is 0 Å². The summed E-state index contributed by atoms with van der Waals surface area (Å²) in [7, 11) is 0. The summed E-state index contributed by atoms with van der Waals surface area (Å²) >= 11 is 0. The Balaban J connectivity index is 2.72. The lowest BCUT2D eigenvalue weighted by Crippen LogP contribution is -2.14. The fourth-order valence-electron chi connectivity index (χ4n) is 1.67. The average Bonchev–Trinajstić information content (AvgIpc) is 2.79. The van der Waals surface area contributed by atoms with E-state index in [0.29, 0.717) is 32.8 Å². The molecule has 0 aliphatic carbocycles. The lowest BCUT2D eigenvalue weighted by atomic mass is 10.2. The maximum Gasteiger partial charge on any atom is 0.360 e. The Labute approximate surface area is 112 Å². The highest BCUT2D eigenvalue weighted by Gasteiger charge is 2.19. The van der Waals surface area contributed by atoms with Gasteiger partial charge in [0.2, 0.25) is 0 Å². The molecule has 0 radical (unpaired) electrons. The molecule has 1 aromatic rings. The van der Waals surface area contributed by atoms with E-state index in [0.717, 1.165) is 12.1 Å². The molecule has 7 nitrogen and oxygen atoms in total. The summed E-state index contributed by atoms with van der Waals surface area (Å²) in [6.45, 7) is 5.30. The van der Waals surface area contributed by atoms with Gasteiger partial charge in [-0.2, -0.15) is 0 Å². The Morgan fingerprint density at radius 2 is 2.16 bits per heavy atom. The minimum Gasteiger partial charge on any atom is -0.461 e. The molecular weight excluding hydrogens is 250 g/mol. The van der Waals surface area contributed by atoms with Crippen molar-refractivity contribution in [2.75, 3.05) is 26.4 Å². The van der Waals surface area contributed by atoms with Gasteiger partial charge in [0, 0.05) is 0 Å². The number of aliphatic hydroxyl groups is 1. The summed E-state index contributed by atoms with van der Waals surface area (Å²) in [5, 5.41) is 16.5. The summed E-state index contributed by atoms with van der Waals surface area (Å²) in [4.78, 5) is 11.7. The van der Waals surface area contributed by atoms with E-state index in [1.54, 1.807) is 11.6 Å². The van der Waals surface area contributed by atoms with Gasteiger partial charge in [-0.3, -0.25) is 0 Å². The molecular formula is C12H21N3O4. The molecule has 19 heavy (non-hydrogen) atoms. The Hall–Kier alpha value is -1.47. The van der Waals surface area contributed by atoms with E-state index in [2.05, 4.69) is 10.3 Å². The maximum atomic E-state index is 11.7. The fraction of sp³-hybridized carbons (Fsp3) is 0.750. The van der Waals surface area contributed by atoms with E-state index in [1.165, 1.54) is 0 Å². The molecule has 0 fully saturated rings. The van der Waals surface area contributed by atoms with Crippen LogP contribution in [0.25, 0.3) is 0 Å². The number of aliphatic hydroxyl groups excluding tert-OH is 1. The highest BCUT2D eigenvalue weighted by atomic mass is 16.5. The fourth-order valence-corrected chi connectivity index (χ4v) is 1.67. The summed E-state index contributed by atoms with van der Waals surface area (Å²) in [6.07, 6.45) is 1.60. The van der Waals surface area contributed by atoms with E-state index in [1.807, 2.05) is 6.92 Å². The standard InChI is InChI=1S/C12H21N3O4/c1-3-5-10-11(12(17)19-4-2)13-14-15(10)6-8-18-9-7-16/h16H,3-9H2,1-2H3. The third-order valence-corrected chi connectivity index (χ3v) is 2.48. The second-order valence-corrected chi connectivity index (χ2v) is 3.91. The van der Waals surface area contributed by atoms with Crippen molar-refractivity contribution < 1.29 is 19.4 Å². The van der Waals surface area contributed by atoms with Gasteiger partial charge < -0.3 is 14.6 Å². The molecule has 0 bridgehead atoms. The van der Waals surface area contributed by atoms with Crippen LogP contribution in [0.2, 0.25) is 0 Å². The van der Waals surface area contributed by atoms with Gasteiger partial charge in [-0.15, -0.1) is 5.10 Å². The van der Waals surface area contributed by atoms with Crippen LogP contribution >= 0.6 is 0 Å². The van der Waals surface area contributed by atoms with Crippen molar-refractivity contribution in [3.05, 3.63) is 11.4 Å². The van der Waals surface area contributed by atoms with Gasteiger partial charge in [0.1, 0.15) is 0 Å². The first-order valence-corrected chi connectivity index (χ1v) is 6.52. The minimum atomic E-state index is -0.437. The van der Waals surface area contributed by atoms with Crippen molar-refractivity contribution in [1.82, 2.24) is 15.0 Å². The molecule has 0 saturated heterocycles. The molecule has 0 spiro atoms. The van der Waals surface area contributed by atoms with Gasteiger partial charge in [-0.05, 0) is 13.3 Å². The zero-order valence-electron chi connectivity index (χ0n) is 11.5. The molecule has 108 valence electrons. The van der Waals surface area contributed by atoms with Gasteiger partial charge in [0.05, 0.1) is 38.7 Å². The highest BCUT2D eigenvalue weighted by molar-refractivity contribution is 5.88. The number of carbonyl (C=O) groups is 1. The van der Waals surface area contributed by atoms with Crippen molar-refractivity contribution in [2.45, 2.75) is 33.2 Å². The summed E-state index contributed by atoms with van der Waals surface area (Å²) < 4.78 is 11.8. The zero-order chi connectivity index (χ0) is 14.1. The van der Waals surface area contributed by atoms with Crippen LogP contribution in [0.4, 0.5) is 0 Å². The molecule has 1 N–H and O–H groups in total. The number of ether oxygens (including phenoxy) is 2. The Bertz CT molecular complexity index is 392. The van der Waals surface area contributed by atoms with Gasteiger partial charge in [-0.1, -0.05) is 18.6 Å². The molecule has 0 atom stereocenters. The topological polar surface area (TPSA) is 86.5 Å². The maximum absolute atomic E-state index is 11.7. The van der Waals surface area contributed by atoms with Crippen LogP contribution in [0.1, 0.15) is 36.5 Å². The van der Waals surface area contributed by atoms with Crippen LogP contribution in [-0.4, -0.2) is 52.5 Å². The molecule has 1 aromatic heterocycles.